The summed E-state index contributed by atoms with van der Waals surface area (Å²) in [5, 5.41) is 9.85. The van der Waals surface area contributed by atoms with Crippen molar-refractivity contribution >= 4 is 54.3 Å². The summed E-state index contributed by atoms with van der Waals surface area (Å²) >= 11 is 0. The molecule has 52 heavy (non-hydrogen) atoms. The first-order valence-corrected chi connectivity index (χ1v) is 18.2. The third kappa shape index (κ3) is 4.05. The monoisotopic (exact) mass is 662 g/mol. The fourth-order valence-corrected chi connectivity index (χ4v) is 9.27. The minimum absolute atomic E-state index is 0.233. The van der Waals surface area contributed by atoms with Gasteiger partial charge in [-0.1, -0.05) is 159 Å². The van der Waals surface area contributed by atoms with Gasteiger partial charge in [0.25, 0.3) is 0 Å². The van der Waals surface area contributed by atoms with Gasteiger partial charge in [-0.05, 0) is 107 Å². The third-order valence-corrected chi connectivity index (χ3v) is 11.6. The van der Waals surface area contributed by atoms with E-state index in [-0.39, 0.29) is 5.41 Å². The molecule has 1 heteroatoms. The van der Waals surface area contributed by atoms with Crippen LogP contribution in [-0.4, -0.2) is 0 Å². The van der Waals surface area contributed by atoms with E-state index >= 15 is 0 Å². The average molecular weight is 663 g/mol. The summed E-state index contributed by atoms with van der Waals surface area (Å²) in [7, 11) is 0. The van der Waals surface area contributed by atoms with E-state index in [4.69, 9.17) is 4.42 Å². The molecule has 1 aliphatic rings. The highest BCUT2D eigenvalue weighted by Crippen LogP contribution is 2.57. The van der Waals surface area contributed by atoms with Crippen LogP contribution in [0.3, 0.4) is 0 Å². The number of fused-ring (bicyclic) bond motifs is 10. The van der Waals surface area contributed by atoms with Crippen LogP contribution < -0.4 is 0 Å². The Morgan fingerprint density at radius 2 is 0.981 bits per heavy atom. The van der Waals surface area contributed by atoms with Crippen molar-refractivity contribution < 1.29 is 4.42 Å². The normalized spacial score (nSPS) is 13.3. The Kier molecular flexibility index (Phi) is 6.08. The Morgan fingerprint density at radius 1 is 0.385 bits per heavy atom. The van der Waals surface area contributed by atoms with Crippen molar-refractivity contribution in [3.63, 3.8) is 0 Å². The summed E-state index contributed by atoms with van der Waals surface area (Å²) in [6, 6.07) is 62.4. The van der Waals surface area contributed by atoms with Crippen molar-refractivity contribution in [3.8, 4) is 44.5 Å². The van der Waals surface area contributed by atoms with Crippen LogP contribution in [0.5, 0.6) is 0 Å². The molecule has 9 aromatic carbocycles. The van der Waals surface area contributed by atoms with Gasteiger partial charge in [0.15, 0.2) is 0 Å². The van der Waals surface area contributed by atoms with Gasteiger partial charge in [0.1, 0.15) is 11.2 Å². The Hall–Kier alpha value is -6.44. The molecule has 11 rings (SSSR count). The zero-order chi connectivity index (χ0) is 34.6. The predicted octanol–water partition coefficient (Wildman–Crippen LogP) is 14.4. The van der Waals surface area contributed by atoms with Crippen LogP contribution in [0.2, 0.25) is 0 Å². The molecule has 0 fully saturated rings. The van der Waals surface area contributed by atoms with Crippen LogP contribution in [0.4, 0.5) is 0 Å². The summed E-state index contributed by atoms with van der Waals surface area (Å²) < 4.78 is 6.78. The Morgan fingerprint density at radius 3 is 1.75 bits per heavy atom. The number of para-hydroxylation sites is 1. The minimum atomic E-state index is -0.233. The molecule has 0 saturated carbocycles. The van der Waals surface area contributed by atoms with Crippen molar-refractivity contribution in [2.45, 2.75) is 19.3 Å². The topological polar surface area (TPSA) is 13.1 Å². The van der Waals surface area contributed by atoms with E-state index in [1.54, 1.807) is 0 Å². The van der Waals surface area contributed by atoms with Crippen molar-refractivity contribution in [2.24, 2.45) is 0 Å². The zero-order valence-electron chi connectivity index (χ0n) is 29.1. The SMILES string of the molecule is CC1(C)c2ccccc2-c2c(-c3c4ccccc4c(-c4cccc(-c5ccc6ccccc6c5)c4)c4ccccc34)cc3c(oc4ccccc43)c21. The highest BCUT2D eigenvalue weighted by molar-refractivity contribution is 6.24. The molecule has 1 nitrogen and oxygen atoms in total. The van der Waals surface area contributed by atoms with Gasteiger partial charge in [0, 0.05) is 21.8 Å². The first-order valence-electron chi connectivity index (χ1n) is 18.2. The Labute approximate surface area is 302 Å². The minimum Gasteiger partial charge on any atom is -0.456 e. The lowest BCUT2D eigenvalue weighted by atomic mass is 9.79. The highest BCUT2D eigenvalue weighted by atomic mass is 16.3. The number of furan rings is 1. The van der Waals surface area contributed by atoms with Gasteiger partial charge in [0.2, 0.25) is 0 Å². The highest BCUT2D eigenvalue weighted by Gasteiger charge is 2.40. The maximum atomic E-state index is 6.78. The molecular weight excluding hydrogens is 629 g/mol. The van der Waals surface area contributed by atoms with E-state index in [9.17, 15) is 0 Å². The van der Waals surface area contributed by atoms with Gasteiger partial charge in [-0.15, -0.1) is 0 Å². The molecule has 0 N–H and O–H groups in total. The van der Waals surface area contributed by atoms with Crippen LogP contribution in [-0.2, 0) is 5.41 Å². The third-order valence-electron chi connectivity index (χ3n) is 11.6. The molecule has 0 radical (unpaired) electrons. The van der Waals surface area contributed by atoms with Crippen molar-refractivity contribution in [2.75, 3.05) is 0 Å². The van der Waals surface area contributed by atoms with Crippen LogP contribution in [0.25, 0.3) is 98.8 Å². The Balaban J connectivity index is 1.24. The molecule has 0 amide bonds. The molecule has 0 aliphatic heterocycles. The molecule has 0 atom stereocenters. The van der Waals surface area contributed by atoms with Gasteiger partial charge in [-0.2, -0.15) is 0 Å². The maximum absolute atomic E-state index is 6.78. The second-order valence-corrected chi connectivity index (χ2v) is 14.8. The predicted molar refractivity (Wildman–Crippen MR) is 220 cm³/mol. The maximum Gasteiger partial charge on any atom is 0.140 e. The first kappa shape index (κ1) is 29.3. The summed E-state index contributed by atoms with van der Waals surface area (Å²) in [4.78, 5) is 0. The van der Waals surface area contributed by atoms with E-state index in [1.165, 1.54) is 93.3 Å². The summed E-state index contributed by atoms with van der Waals surface area (Å²) in [5.41, 5.74) is 14.4. The fourth-order valence-electron chi connectivity index (χ4n) is 9.27. The second-order valence-electron chi connectivity index (χ2n) is 14.8. The van der Waals surface area contributed by atoms with Gasteiger partial charge < -0.3 is 4.42 Å². The van der Waals surface area contributed by atoms with E-state index in [0.29, 0.717) is 0 Å². The summed E-state index contributed by atoms with van der Waals surface area (Å²) in [6.45, 7) is 4.71. The molecule has 0 saturated heterocycles. The lowest BCUT2D eigenvalue weighted by Crippen LogP contribution is -2.15. The van der Waals surface area contributed by atoms with Gasteiger partial charge in [-0.3, -0.25) is 0 Å². The second kappa shape index (κ2) is 10.8. The van der Waals surface area contributed by atoms with E-state index < -0.39 is 0 Å². The smallest absolute Gasteiger partial charge is 0.140 e. The van der Waals surface area contributed by atoms with Gasteiger partial charge in [-0.25, -0.2) is 0 Å². The standard InChI is InChI=1S/C51H34O/c1-51(2)44-24-11-9-23-41(44)48-43(30-42-36-18-10-12-25-45(36)52-50(42)49(48)51)47-39-21-7-5-19-37(39)46(38-20-6-8-22-40(38)47)35-17-13-16-33(29-35)34-27-26-31-14-3-4-15-32(31)28-34/h3-30H,1-2H3. The molecule has 0 unspecified atom stereocenters. The fraction of sp³-hybridized carbons (Fsp3) is 0.0588. The molecular formula is C51H34O. The number of hydrogen-bond donors (Lipinski definition) is 0. The lowest BCUT2D eigenvalue weighted by Gasteiger charge is -2.23. The number of rotatable bonds is 3. The van der Waals surface area contributed by atoms with Crippen molar-refractivity contribution in [1.82, 2.24) is 0 Å². The lowest BCUT2D eigenvalue weighted by molar-refractivity contribution is 0.620. The summed E-state index contributed by atoms with van der Waals surface area (Å²) in [5.74, 6) is 0. The number of benzene rings is 9. The largest absolute Gasteiger partial charge is 0.456 e. The summed E-state index contributed by atoms with van der Waals surface area (Å²) in [6.07, 6.45) is 0. The first-order chi connectivity index (χ1) is 25.6. The zero-order valence-corrected chi connectivity index (χ0v) is 29.1. The molecule has 244 valence electrons. The van der Waals surface area contributed by atoms with Gasteiger partial charge in [0.05, 0.1) is 0 Å². The molecule has 0 bridgehead atoms. The van der Waals surface area contributed by atoms with E-state index in [1.807, 2.05) is 0 Å². The quantitative estimate of drug-likeness (QED) is 0.172. The van der Waals surface area contributed by atoms with Crippen molar-refractivity contribution in [1.29, 1.82) is 0 Å². The molecule has 1 aromatic heterocycles. The van der Waals surface area contributed by atoms with Crippen molar-refractivity contribution in [3.05, 3.63) is 181 Å². The van der Waals surface area contributed by atoms with Crippen LogP contribution in [0.1, 0.15) is 25.0 Å². The van der Waals surface area contributed by atoms with Crippen LogP contribution >= 0.6 is 0 Å². The van der Waals surface area contributed by atoms with E-state index in [2.05, 4.69) is 184 Å². The van der Waals surface area contributed by atoms with Gasteiger partial charge >= 0.3 is 0 Å². The molecule has 1 heterocycles. The van der Waals surface area contributed by atoms with Crippen LogP contribution in [0, 0.1) is 0 Å². The molecule has 0 spiro atoms. The van der Waals surface area contributed by atoms with E-state index in [0.717, 1.165) is 16.6 Å². The van der Waals surface area contributed by atoms with Crippen LogP contribution in [0.15, 0.2) is 174 Å². The average Bonchev–Trinajstić information content (AvgIpc) is 3.68. The Bertz CT molecular complexity index is 3040. The number of hydrogen-bond acceptors (Lipinski definition) is 1. The molecule has 10 aromatic rings. The molecule has 1 aliphatic carbocycles.